The molecule has 0 saturated carbocycles. The van der Waals surface area contributed by atoms with E-state index in [1.54, 1.807) is 0 Å². The van der Waals surface area contributed by atoms with E-state index < -0.39 is 0 Å². The van der Waals surface area contributed by atoms with Crippen LogP contribution in [0.3, 0.4) is 0 Å². The van der Waals surface area contributed by atoms with Crippen LogP contribution in [0.5, 0.6) is 0 Å². The van der Waals surface area contributed by atoms with Gasteiger partial charge in [-0.2, -0.15) is 0 Å². The van der Waals surface area contributed by atoms with Gasteiger partial charge in [0.15, 0.2) is 0 Å². The quantitative estimate of drug-likeness (QED) is 0.282. The van der Waals surface area contributed by atoms with Crippen LogP contribution in [0.4, 0.5) is 11.4 Å². The lowest BCUT2D eigenvalue weighted by Crippen LogP contribution is -1.92. The molecule has 7 aromatic rings. The second-order valence-corrected chi connectivity index (χ2v) is 9.73. The Bertz CT molecular complexity index is 1820. The van der Waals surface area contributed by atoms with Gasteiger partial charge in [0, 0.05) is 42.3 Å². The number of hydrogen-bond acceptors (Lipinski definition) is 2. The summed E-state index contributed by atoms with van der Waals surface area (Å²) in [4.78, 5) is 0. The van der Waals surface area contributed by atoms with Gasteiger partial charge in [0.25, 0.3) is 0 Å². The first kappa shape index (κ1) is 19.3. The summed E-state index contributed by atoms with van der Waals surface area (Å²) in [5.41, 5.74) is 4.73. The molecular formula is C32H21NS. The number of benzene rings is 6. The van der Waals surface area contributed by atoms with E-state index in [4.69, 9.17) is 0 Å². The molecule has 0 aliphatic carbocycles. The number of hydrogen-bond donors (Lipinski definition) is 1. The summed E-state index contributed by atoms with van der Waals surface area (Å²) in [6.45, 7) is 0. The van der Waals surface area contributed by atoms with Crippen LogP contribution in [0.25, 0.3) is 52.8 Å². The van der Waals surface area contributed by atoms with E-state index in [9.17, 15) is 0 Å². The molecule has 0 aliphatic heterocycles. The van der Waals surface area contributed by atoms with Crippen molar-refractivity contribution in [1.29, 1.82) is 0 Å². The van der Waals surface area contributed by atoms with Gasteiger partial charge in [-0.05, 0) is 46.2 Å². The highest BCUT2D eigenvalue weighted by Gasteiger charge is 2.12. The molecule has 0 fully saturated rings. The first-order chi connectivity index (χ1) is 16.8. The van der Waals surface area contributed by atoms with Gasteiger partial charge in [-0.3, -0.25) is 0 Å². The Morgan fingerprint density at radius 3 is 2.03 bits per heavy atom. The summed E-state index contributed by atoms with van der Waals surface area (Å²) in [5.74, 6) is 0. The summed E-state index contributed by atoms with van der Waals surface area (Å²) in [7, 11) is 0. The average molecular weight is 452 g/mol. The van der Waals surface area contributed by atoms with Crippen molar-refractivity contribution in [2.45, 2.75) is 0 Å². The Labute approximate surface area is 201 Å². The number of fused-ring (bicyclic) bond motifs is 6. The van der Waals surface area contributed by atoms with Crippen molar-refractivity contribution in [3.8, 4) is 11.1 Å². The van der Waals surface area contributed by atoms with Gasteiger partial charge in [-0.25, -0.2) is 0 Å². The zero-order chi connectivity index (χ0) is 22.5. The molecule has 0 spiro atoms. The SMILES string of the molecule is c1ccc2c(-c3ccc(Nc4cc5c6ccccc6sc5c5ccccc45)cc3)cccc2c1. The summed E-state index contributed by atoms with van der Waals surface area (Å²) < 4.78 is 2.69. The molecule has 0 amide bonds. The first-order valence-electron chi connectivity index (χ1n) is 11.5. The van der Waals surface area contributed by atoms with E-state index in [0.29, 0.717) is 0 Å². The molecule has 160 valence electrons. The molecule has 1 N–H and O–H groups in total. The molecule has 1 aromatic heterocycles. The van der Waals surface area contributed by atoms with Crippen LogP contribution in [0, 0.1) is 0 Å². The van der Waals surface area contributed by atoms with Crippen LogP contribution in [0.15, 0.2) is 121 Å². The highest BCUT2D eigenvalue weighted by atomic mass is 32.1. The fourth-order valence-electron chi connectivity index (χ4n) is 5.02. The fourth-order valence-corrected chi connectivity index (χ4v) is 6.24. The molecule has 6 aromatic carbocycles. The van der Waals surface area contributed by atoms with Crippen LogP contribution >= 0.6 is 11.3 Å². The number of rotatable bonds is 3. The van der Waals surface area contributed by atoms with E-state index in [2.05, 4.69) is 127 Å². The molecule has 0 aliphatic rings. The average Bonchev–Trinajstić information content (AvgIpc) is 3.28. The van der Waals surface area contributed by atoms with Crippen molar-refractivity contribution in [2.75, 3.05) is 5.32 Å². The number of anilines is 2. The number of nitrogens with one attached hydrogen (secondary N) is 1. The Balaban J connectivity index is 1.33. The third-order valence-corrected chi connectivity index (χ3v) is 7.87. The molecule has 2 heteroatoms. The monoisotopic (exact) mass is 451 g/mol. The normalized spacial score (nSPS) is 11.5. The Morgan fingerprint density at radius 1 is 0.500 bits per heavy atom. The van der Waals surface area contributed by atoms with Crippen molar-refractivity contribution in [3.63, 3.8) is 0 Å². The smallest absolute Gasteiger partial charge is 0.0471 e. The third kappa shape index (κ3) is 3.07. The Morgan fingerprint density at radius 2 is 1.18 bits per heavy atom. The van der Waals surface area contributed by atoms with Crippen molar-refractivity contribution in [3.05, 3.63) is 121 Å². The summed E-state index contributed by atoms with van der Waals surface area (Å²) in [6, 6.07) is 43.6. The molecule has 0 unspecified atom stereocenters. The summed E-state index contributed by atoms with van der Waals surface area (Å²) >= 11 is 1.88. The van der Waals surface area contributed by atoms with E-state index in [0.717, 1.165) is 11.4 Å². The Hall–Kier alpha value is -4.14. The van der Waals surface area contributed by atoms with E-state index >= 15 is 0 Å². The molecule has 1 heterocycles. The van der Waals surface area contributed by atoms with Gasteiger partial charge in [0.05, 0.1) is 0 Å². The molecule has 0 atom stereocenters. The maximum atomic E-state index is 3.71. The fraction of sp³-hybridized carbons (Fsp3) is 0. The molecule has 0 saturated heterocycles. The molecule has 34 heavy (non-hydrogen) atoms. The minimum Gasteiger partial charge on any atom is -0.355 e. The van der Waals surface area contributed by atoms with Crippen LogP contribution in [-0.2, 0) is 0 Å². The topological polar surface area (TPSA) is 12.0 Å². The minimum atomic E-state index is 1.09. The van der Waals surface area contributed by atoms with Crippen LogP contribution in [0.1, 0.15) is 0 Å². The van der Waals surface area contributed by atoms with E-state index in [1.165, 1.54) is 52.8 Å². The summed E-state index contributed by atoms with van der Waals surface area (Å²) in [5, 5.41) is 11.5. The van der Waals surface area contributed by atoms with Gasteiger partial charge in [0.2, 0.25) is 0 Å². The maximum absolute atomic E-state index is 3.71. The third-order valence-electron chi connectivity index (χ3n) is 6.65. The van der Waals surface area contributed by atoms with Crippen LogP contribution in [-0.4, -0.2) is 0 Å². The van der Waals surface area contributed by atoms with E-state index in [1.807, 2.05) is 11.3 Å². The number of thiophene rings is 1. The molecule has 1 nitrogen and oxygen atoms in total. The highest BCUT2D eigenvalue weighted by molar-refractivity contribution is 7.26. The minimum absolute atomic E-state index is 1.09. The van der Waals surface area contributed by atoms with E-state index in [-0.39, 0.29) is 0 Å². The van der Waals surface area contributed by atoms with Gasteiger partial charge in [-0.1, -0.05) is 97.1 Å². The second kappa shape index (κ2) is 7.72. The zero-order valence-corrected chi connectivity index (χ0v) is 19.3. The van der Waals surface area contributed by atoms with Crippen LogP contribution in [0.2, 0.25) is 0 Å². The molecule has 0 radical (unpaired) electrons. The lowest BCUT2D eigenvalue weighted by molar-refractivity contribution is 1.58. The predicted octanol–water partition coefficient (Wildman–Crippen LogP) is 9.77. The van der Waals surface area contributed by atoms with Gasteiger partial charge in [0.1, 0.15) is 0 Å². The zero-order valence-electron chi connectivity index (χ0n) is 18.5. The Kier molecular flexibility index (Phi) is 4.39. The van der Waals surface area contributed by atoms with Gasteiger partial charge >= 0.3 is 0 Å². The summed E-state index contributed by atoms with van der Waals surface area (Å²) in [6.07, 6.45) is 0. The molecule has 0 bridgehead atoms. The van der Waals surface area contributed by atoms with Crippen molar-refractivity contribution >= 4 is 64.4 Å². The largest absolute Gasteiger partial charge is 0.355 e. The van der Waals surface area contributed by atoms with Crippen molar-refractivity contribution in [2.24, 2.45) is 0 Å². The highest BCUT2D eigenvalue weighted by Crippen LogP contribution is 2.42. The molecule has 7 rings (SSSR count). The van der Waals surface area contributed by atoms with Crippen molar-refractivity contribution in [1.82, 2.24) is 0 Å². The molecular weight excluding hydrogens is 430 g/mol. The lowest BCUT2D eigenvalue weighted by atomic mass is 9.98. The predicted molar refractivity (Wildman–Crippen MR) is 150 cm³/mol. The van der Waals surface area contributed by atoms with Crippen molar-refractivity contribution < 1.29 is 0 Å². The first-order valence-corrected chi connectivity index (χ1v) is 12.3. The second-order valence-electron chi connectivity index (χ2n) is 8.67. The van der Waals surface area contributed by atoms with Gasteiger partial charge in [-0.15, -0.1) is 11.3 Å². The van der Waals surface area contributed by atoms with Gasteiger partial charge < -0.3 is 5.32 Å². The maximum Gasteiger partial charge on any atom is 0.0471 e. The standard InChI is InChI=1S/C32H21NS/c1-2-10-24-21(8-1)9-7-14-25(24)22-16-18-23(19-17-22)33-30-20-29-27-12-5-6-15-31(27)34-32(29)28-13-4-3-11-26(28)30/h1-20,33H. The van der Waals surface area contributed by atoms with Crippen LogP contribution < -0.4 is 5.32 Å². The lowest BCUT2D eigenvalue weighted by Gasteiger charge is -2.13.